The molecule has 138 valence electrons. The van der Waals surface area contributed by atoms with E-state index >= 15 is 0 Å². The number of aromatic nitrogens is 2. The topological polar surface area (TPSA) is 91.5 Å². The molecule has 7 nitrogen and oxygen atoms in total. The van der Waals surface area contributed by atoms with Crippen LogP contribution in [0.5, 0.6) is 0 Å². The summed E-state index contributed by atoms with van der Waals surface area (Å²) in [5.74, 6) is 0.515. The van der Waals surface area contributed by atoms with Gasteiger partial charge in [0.2, 0.25) is 5.82 Å². The normalized spacial score (nSPS) is 22.2. The maximum Gasteiger partial charge on any atom is 0.322 e. The van der Waals surface area contributed by atoms with E-state index in [9.17, 15) is 4.79 Å². The van der Waals surface area contributed by atoms with Gasteiger partial charge in [-0.1, -0.05) is 35.0 Å². The average molecular weight is 356 g/mol. The molecule has 4 rings (SSSR count). The van der Waals surface area contributed by atoms with Crippen molar-refractivity contribution in [3.8, 4) is 11.4 Å². The molecule has 2 aliphatic carbocycles. The van der Waals surface area contributed by atoms with E-state index in [4.69, 9.17) is 9.63 Å². The molecule has 1 aromatic heterocycles. The third-order valence-corrected chi connectivity index (χ3v) is 5.22. The third kappa shape index (κ3) is 4.04. The Balaban J connectivity index is 1.30. The summed E-state index contributed by atoms with van der Waals surface area (Å²) in [7, 11) is 0. The highest BCUT2D eigenvalue weighted by Crippen LogP contribution is 2.34. The second-order valence-corrected chi connectivity index (χ2v) is 7.52. The van der Waals surface area contributed by atoms with Crippen molar-refractivity contribution in [1.29, 1.82) is 0 Å². The van der Waals surface area contributed by atoms with Gasteiger partial charge in [-0.15, -0.1) is 0 Å². The zero-order valence-electron chi connectivity index (χ0n) is 14.9. The Morgan fingerprint density at radius 1 is 1.31 bits per heavy atom. The Hall–Kier alpha value is -2.41. The molecule has 0 saturated heterocycles. The van der Waals surface area contributed by atoms with E-state index in [1.807, 2.05) is 31.2 Å². The minimum atomic E-state index is -0.748. The number of hydrogen-bond acceptors (Lipinski definition) is 6. The Bertz CT molecular complexity index is 763. The first-order valence-electron chi connectivity index (χ1n) is 9.20. The van der Waals surface area contributed by atoms with Crippen molar-refractivity contribution in [2.45, 2.75) is 44.7 Å². The molecule has 26 heavy (non-hydrogen) atoms. The number of carboxylic acid groups (broad SMARTS) is 1. The van der Waals surface area contributed by atoms with Gasteiger partial charge in [-0.05, 0) is 38.5 Å². The summed E-state index contributed by atoms with van der Waals surface area (Å²) < 4.78 is 5.31. The minimum absolute atomic E-state index is 0.131. The van der Waals surface area contributed by atoms with E-state index in [0.717, 1.165) is 24.9 Å². The van der Waals surface area contributed by atoms with Gasteiger partial charge in [0.15, 0.2) is 0 Å². The van der Waals surface area contributed by atoms with Gasteiger partial charge in [0, 0.05) is 24.2 Å². The number of anilines is 1. The Labute approximate surface area is 152 Å². The average Bonchev–Trinajstić information content (AvgIpc) is 3.25. The van der Waals surface area contributed by atoms with Crippen molar-refractivity contribution in [2.24, 2.45) is 5.92 Å². The predicted molar refractivity (Wildman–Crippen MR) is 96.8 cm³/mol. The van der Waals surface area contributed by atoms with Gasteiger partial charge >= 0.3 is 12.0 Å². The van der Waals surface area contributed by atoms with Crippen molar-refractivity contribution >= 4 is 12.0 Å². The van der Waals surface area contributed by atoms with Gasteiger partial charge < -0.3 is 14.9 Å². The van der Waals surface area contributed by atoms with Gasteiger partial charge in [-0.3, -0.25) is 9.69 Å². The molecule has 7 heteroatoms. The molecule has 0 unspecified atom stereocenters. The van der Waals surface area contributed by atoms with E-state index in [2.05, 4.69) is 20.4 Å². The summed E-state index contributed by atoms with van der Waals surface area (Å²) in [6.07, 6.45) is 4.27. The van der Waals surface area contributed by atoms with Crippen LogP contribution in [0.2, 0.25) is 0 Å². The number of hydrogen-bond donors (Lipinski definition) is 2. The number of aryl methyl sites for hydroxylation is 1. The van der Waals surface area contributed by atoms with Gasteiger partial charge in [0.05, 0.1) is 6.54 Å². The Kier molecular flexibility index (Phi) is 4.63. The number of aliphatic carboxylic acids is 1. The van der Waals surface area contributed by atoms with E-state index < -0.39 is 5.97 Å². The maximum atomic E-state index is 11.1. The first kappa shape index (κ1) is 17.0. The van der Waals surface area contributed by atoms with E-state index in [1.54, 1.807) is 0 Å². The SMILES string of the molecule is Cc1ccc(-c2noc(NC3CC(N(CC(=O)O)CC4CC4)C3)n2)cc1. The molecule has 0 radical (unpaired) electrons. The van der Waals surface area contributed by atoms with Gasteiger partial charge in [-0.25, -0.2) is 0 Å². The van der Waals surface area contributed by atoms with Crippen LogP contribution in [0.25, 0.3) is 11.4 Å². The van der Waals surface area contributed by atoms with Gasteiger partial charge in [0.25, 0.3) is 0 Å². The second kappa shape index (κ2) is 7.07. The summed E-state index contributed by atoms with van der Waals surface area (Å²) >= 11 is 0. The molecule has 2 aromatic rings. The molecule has 2 saturated carbocycles. The van der Waals surface area contributed by atoms with Crippen molar-refractivity contribution < 1.29 is 14.4 Å². The van der Waals surface area contributed by atoms with Gasteiger partial charge in [0.1, 0.15) is 0 Å². The largest absolute Gasteiger partial charge is 0.480 e. The lowest BCUT2D eigenvalue weighted by Gasteiger charge is -2.42. The highest BCUT2D eigenvalue weighted by Gasteiger charge is 2.37. The van der Waals surface area contributed by atoms with Crippen LogP contribution in [0.4, 0.5) is 6.01 Å². The number of nitrogens with zero attached hydrogens (tertiary/aromatic N) is 3. The molecule has 1 aromatic carbocycles. The van der Waals surface area contributed by atoms with Crippen LogP contribution >= 0.6 is 0 Å². The molecule has 1 heterocycles. The van der Waals surface area contributed by atoms with Crippen LogP contribution < -0.4 is 5.32 Å². The predicted octanol–water partition coefficient (Wildman–Crippen LogP) is 2.78. The molecule has 2 fully saturated rings. The highest BCUT2D eigenvalue weighted by molar-refractivity contribution is 5.69. The highest BCUT2D eigenvalue weighted by atomic mass is 16.5. The molecule has 0 amide bonds. The number of benzene rings is 1. The summed E-state index contributed by atoms with van der Waals surface area (Å²) in [6, 6.07) is 9.00. The van der Waals surface area contributed by atoms with Crippen LogP contribution in [0.1, 0.15) is 31.2 Å². The number of carbonyl (C=O) groups is 1. The van der Waals surface area contributed by atoms with E-state index in [1.165, 1.54) is 18.4 Å². The van der Waals surface area contributed by atoms with E-state index in [0.29, 0.717) is 23.8 Å². The summed E-state index contributed by atoms with van der Waals surface area (Å²) in [6.45, 7) is 3.07. The van der Waals surface area contributed by atoms with Crippen LogP contribution in [-0.4, -0.2) is 51.3 Å². The number of nitrogens with one attached hydrogen (secondary N) is 1. The van der Waals surface area contributed by atoms with Crippen molar-refractivity contribution in [1.82, 2.24) is 15.0 Å². The monoisotopic (exact) mass is 356 g/mol. The number of carboxylic acids is 1. The maximum absolute atomic E-state index is 11.1. The van der Waals surface area contributed by atoms with Crippen LogP contribution in [0, 0.1) is 12.8 Å². The lowest BCUT2D eigenvalue weighted by Crippen LogP contribution is -2.52. The first-order valence-corrected chi connectivity index (χ1v) is 9.20. The van der Waals surface area contributed by atoms with Crippen molar-refractivity contribution in [3.63, 3.8) is 0 Å². The Morgan fingerprint density at radius 3 is 2.69 bits per heavy atom. The van der Waals surface area contributed by atoms with Crippen molar-refractivity contribution in [2.75, 3.05) is 18.4 Å². The molecular weight excluding hydrogens is 332 g/mol. The van der Waals surface area contributed by atoms with Gasteiger partial charge in [-0.2, -0.15) is 4.98 Å². The molecule has 0 aliphatic heterocycles. The first-order chi connectivity index (χ1) is 12.6. The summed E-state index contributed by atoms with van der Waals surface area (Å²) in [4.78, 5) is 17.6. The van der Waals surface area contributed by atoms with Crippen molar-refractivity contribution in [3.05, 3.63) is 29.8 Å². The lowest BCUT2D eigenvalue weighted by atomic mass is 9.85. The number of rotatable bonds is 8. The minimum Gasteiger partial charge on any atom is -0.480 e. The van der Waals surface area contributed by atoms with E-state index in [-0.39, 0.29) is 12.6 Å². The quantitative estimate of drug-likeness (QED) is 0.751. The zero-order valence-corrected chi connectivity index (χ0v) is 14.9. The smallest absolute Gasteiger partial charge is 0.322 e. The fourth-order valence-corrected chi connectivity index (χ4v) is 3.43. The molecule has 0 spiro atoms. The molecule has 2 N–H and O–H groups in total. The molecule has 0 atom stereocenters. The summed E-state index contributed by atoms with van der Waals surface area (Å²) in [5, 5.41) is 16.4. The molecular formula is C19H24N4O3. The Morgan fingerprint density at radius 2 is 2.04 bits per heavy atom. The lowest BCUT2D eigenvalue weighted by molar-refractivity contribution is -0.139. The standard InChI is InChI=1S/C19H24N4O3/c1-12-2-6-14(7-3-12)18-21-19(26-22-18)20-15-8-16(9-15)23(11-17(24)25)10-13-4-5-13/h2-3,6-7,13,15-16H,4-5,8-11H2,1H3,(H,24,25)(H,20,21,22). The van der Waals surface area contributed by atoms with Crippen LogP contribution in [-0.2, 0) is 4.79 Å². The molecule has 0 bridgehead atoms. The fraction of sp³-hybridized carbons (Fsp3) is 0.526. The van der Waals surface area contributed by atoms with Crippen LogP contribution in [0.15, 0.2) is 28.8 Å². The molecule has 2 aliphatic rings. The summed E-state index contributed by atoms with van der Waals surface area (Å²) in [5.41, 5.74) is 2.11. The fourth-order valence-electron chi connectivity index (χ4n) is 3.43. The second-order valence-electron chi connectivity index (χ2n) is 7.52. The van der Waals surface area contributed by atoms with Crippen LogP contribution in [0.3, 0.4) is 0 Å². The zero-order chi connectivity index (χ0) is 18.1. The third-order valence-electron chi connectivity index (χ3n) is 5.22.